The molecule has 2 heterocycles. The van der Waals surface area contributed by atoms with E-state index in [1.165, 1.54) is 0 Å². The van der Waals surface area contributed by atoms with Crippen LogP contribution >= 0.6 is 0 Å². The lowest BCUT2D eigenvalue weighted by atomic mass is 10.1. The van der Waals surface area contributed by atoms with Crippen LogP contribution < -0.4 is 0 Å². The van der Waals surface area contributed by atoms with Gasteiger partial charge in [-0.05, 0) is 6.07 Å². The fourth-order valence-electron chi connectivity index (χ4n) is 1.11. The molecule has 0 aliphatic carbocycles. The third-order valence-electron chi connectivity index (χ3n) is 1.73. The first-order valence-electron chi connectivity index (χ1n) is 3.87. The summed E-state index contributed by atoms with van der Waals surface area (Å²) in [5, 5.41) is 3.33. The van der Waals surface area contributed by atoms with E-state index in [1.807, 2.05) is 0 Å². The number of aromatic nitrogens is 3. The van der Waals surface area contributed by atoms with Crippen LogP contribution in [-0.2, 0) is 6.18 Å². The van der Waals surface area contributed by atoms with E-state index in [2.05, 4.69) is 19.6 Å². The second-order valence-electron chi connectivity index (χ2n) is 2.67. The van der Waals surface area contributed by atoms with Gasteiger partial charge in [0, 0.05) is 12.4 Å². The summed E-state index contributed by atoms with van der Waals surface area (Å²) in [6.45, 7) is 0. The molecule has 0 bridgehead atoms. The number of hydrogen-bond donors (Lipinski definition) is 0. The van der Waals surface area contributed by atoms with Gasteiger partial charge in [0.15, 0.2) is 0 Å². The fraction of sp³-hybridized carbons (Fsp3) is 0.125. The molecule has 0 radical (unpaired) electrons. The summed E-state index contributed by atoms with van der Waals surface area (Å²) >= 11 is 0. The van der Waals surface area contributed by atoms with Crippen molar-refractivity contribution in [3.63, 3.8) is 0 Å². The lowest BCUT2D eigenvalue weighted by Gasteiger charge is -2.08. The molecule has 2 aromatic rings. The molecule has 0 unspecified atom stereocenters. The summed E-state index contributed by atoms with van der Waals surface area (Å²) in [5.74, 6) is -0.129. The topological polar surface area (TPSA) is 51.8 Å². The minimum absolute atomic E-state index is 0.129. The zero-order chi connectivity index (χ0) is 10.9. The highest BCUT2D eigenvalue weighted by Gasteiger charge is 2.34. The van der Waals surface area contributed by atoms with Crippen molar-refractivity contribution in [2.75, 3.05) is 0 Å². The van der Waals surface area contributed by atoms with Crippen LogP contribution in [0, 0.1) is 0 Å². The van der Waals surface area contributed by atoms with E-state index in [9.17, 15) is 13.2 Å². The Kier molecular flexibility index (Phi) is 2.14. The fourth-order valence-corrected chi connectivity index (χ4v) is 1.11. The molecule has 0 aliphatic rings. The molecule has 4 nitrogen and oxygen atoms in total. The molecule has 2 rings (SSSR count). The van der Waals surface area contributed by atoms with Crippen molar-refractivity contribution in [1.82, 2.24) is 15.1 Å². The minimum Gasteiger partial charge on any atom is -0.342 e. The first-order chi connectivity index (χ1) is 7.09. The summed E-state index contributed by atoms with van der Waals surface area (Å²) in [7, 11) is 0. The smallest absolute Gasteiger partial charge is 0.342 e. The summed E-state index contributed by atoms with van der Waals surface area (Å²) in [6.07, 6.45) is -1.39. The molecule has 78 valence electrons. The zero-order valence-electron chi connectivity index (χ0n) is 7.19. The number of rotatable bonds is 1. The summed E-state index contributed by atoms with van der Waals surface area (Å²) in [6, 6.07) is 0.867. The van der Waals surface area contributed by atoms with E-state index in [1.54, 1.807) is 0 Å². The van der Waals surface area contributed by atoms with Gasteiger partial charge in [-0.15, -0.1) is 0 Å². The van der Waals surface area contributed by atoms with Crippen LogP contribution in [0.4, 0.5) is 13.2 Å². The minimum atomic E-state index is -4.46. The van der Waals surface area contributed by atoms with Crippen molar-refractivity contribution in [3.8, 4) is 11.4 Å². The highest BCUT2D eigenvalue weighted by molar-refractivity contribution is 5.58. The van der Waals surface area contributed by atoms with Crippen molar-refractivity contribution >= 4 is 0 Å². The van der Waals surface area contributed by atoms with Gasteiger partial charge in [-0.25, -0.2) is 0 Å². The molecule has 0 atom stereocenters. The molecule has 0 N–H and O–H groups in total. The number of hydrogen-bond acceptors (Lipinski definition) is 4. The Morgan fingerprint density at radius 2 is 2.07 bits per heavy atom. The van der Waals surface area contributed by atoms with Gasteiger partial charge < -0.3 is 4.52 Å². The second-order valence-corrected chi connectivity index (χ2v) is 2.67. The first-order valence-corrected chi connectivity index (χ1v) is 3.87. The SMILES string of the molecule is FC(F)(F)c1ccncc1-c1ncon1. The van der Waals surface area contributed by atoms with Crippen LogP contribution in [0.15, 0.2) is 29.4 Å². The number of alkyl halides is 3. The predicted octanol–water partition coefficient (Wildman–Crippen LogP) is 2.15. The molecule has 2 aromatic heterocycles. The molecule has 0 spiro atoms. The Morgan fingerprint density at radius 1 is 1.27 bits per heavy atom. The molecule has 0 fully saturated rings. The molecular weight excluding hydrogens is 211 g/mol. The van der Waals surface area contributed by atoms with Crippen LogP contribution in [0.2, 0.25) is 0 Å². The van der Waals surface area contributed by atoms with Crippen LogP contribution in [-0.4, -0.2) is 15.1 Å². The Bertz CT molecular complexity index is 452. The van der Waals surface area contributed by atoms with Crippen LogP contribution in [0.5, 0.6) is 0 Å². The standard InChI is InChI=1S/C8H4F3N3O/c9-8(10,11)6-1-2-12-3-5(6)7-13-4-15-14-7/h1-4H. The average molecular weight is 215 g/mol. The van der Waals surface area contributed by atoms with Gasteiger partial charge in [0.1, 0.15) is 0 Å². The molecule has 0 saturated heterocycles. The van der Waals surface area contributed by atoms with Crippen molar-refractivity contribution in [2.24, 2.45) is 0 Å². The van der Waals surface area contributed by atoms with Crippen molar-refractivity contribution in [1.29, 1.82) is 0 Å². The summed E-state index contributed by atoms with van der Waals surface area (Å²) < 4.78 is 42.0. The summed E-state index contributed by atoms with van der Waals surface area (Å²) in [4.78, 5) is 7.14. The number of halogens is 3. The third-order valence-corrected chi connectivity index (χ3v) is 1.73. The van der Waals surface area contributed by atoms with E-state index in [4.69, 9.17) is 0 Å². The van der Waals surface area contributed by atoms with Gasteiger partial charge in [-0.2, -0.15) is 18.2 Å². The van der Waals surface area contributed by atoms with Crippen molar-refractivity contribution < 1.29 is 17.7 Å². The van der Waals surface area contributed by atoms with Gasteiger partial charge in [-0.1, -0.05) is 5.16 Å². The van der Waals surface area contributed by atoms with Gasteiger partial charge in [-0.3, -0.25) is 4.98 Å². The number of pyridine rings is 1. The van der Waals surface area contributed by atoms with Crippen LogP contribution in [0.25, 0.3) is 11.4 Å². The lowest BCUT2D eigenvalue weighted by molar-refractivity contribution is -0.137. The van der Waals surface area contributed by atoms with Crippen LogP contribution in [0.1, 0.15) is 5.56 Å². The molecule has 7 heteroatoms. The highest BCUT2D eigenvalue weighted by atomic mass is 19.4. The van der Waals surface area contributed by atoms with Crippen LogP contribution in [0.3, 0.4) is 0 Å². The van der Waals surface area contributed by atoms with Gasteiger partial charge in [0.2, 0.25) is 12.2 Å². The average Bonchev–Trinajstić information content (AvgIpc) is 2.69. The van der Waals surface area contributed by atoms with Crippen molar-refractivity contribution in [3.05, 3.63) is 30.4 Å². The predicted molar refractivity (Wildman–Crippen MR) is 42.5 cm³/mol. The molecule has 0 aliphatic heterocycles. The largest absolute Gasteiger partial charge is 0.417 e. The first kappa shape index (κ1) is 9.63. The quantitative estimate of drug-likeness (QED) is 0.731. The van der Waals surface area contributed by atoms with Gasteiger partial charge in [0.25, 0.3) is 0 Å². The maximum absolute atomic E-state index is 12.5. The lowest BCUT2D eigenvalue weighted by Crippen LogP contribution is -2.07. The Morgan fingerprint density at radius 3 is 2.67 bits per heavy atom. The second kappa shape index (κ2) is 3.34. The zero-order valence-corrected chi connectivity index (χ0v) is 7.19. The maximum Gasteiger partial charge on any atom is 0.417 e. The monoisotopic (exact) mass is 215 g/mol. The normalized spacial score (nSPS) is 11.7. The van der Waals surface area contributed by atoms with Crippen molar-refractivity contribution in [2.45, 2.75) is 6.18 Å². The Hall–Kier alpha value is -1.92. The van der Waals surface area contributed by atoms with E-state index >= 15 is 0 Å². The molecular formula is C8H4F3N3O. The van der Waals surface area contributed by atoms with E-state index in [-0.39, 0.29) is 11.4 Å². The summed E-state index contributed by atoms with van der Waals surface area (Å²) in [5.41, 5.74) is -1.03. The molecule has 0 saturated carbocycles. The van der Waals surface area contributed by atoms with E-state index in [0.29, 0.717) is 0 Å². The Balaban J connectivity index is 2.58. The molecule has 0 amide bonds. The maximum atomic E-state index is 12.5. The van der Waals surface area contributed by atoms with Gasteiger partial charge >= 0.3 is 6.18 Å². The van der Waals surface area contributed by atoms with E-state index < -0.39 is 11.7 Å². The molecule has 15 heavy (non-hydrogen) atoms. The molecule has 0 aromatic carbocycles. The van der Waals surface area contributed by atoms with E-state index in [0.717, 1.165) is 24.9 Å². The third kappa shape index (κ3) is 1.80. The van der Waals surface area contributed by atoms with Gasteiger partial charge in [0.05, 0.1) is 11.1 Å². The highest BCUT2D eigenvalue weighted by Crippen LogP contribution is 2.34. The Labute approximate surface area is 81.8 Å². The number of nitrogens with zero attached hydrogens (tertiary/aromatic N) is 3.